The van der Waals surface area contributed by atoms with E-state index in [9.17, 15) is 4.79 Å². The van der Waals surface area contributed by atoms with Crippen LogP contribution in [0, 0.1) is 0 Å². The van der Waals surface area contributed by atoms with E-state index in [2.05, 4.69) is 39.2 Å². The number of aromatic amines is 2. The second-order valence-corrected chi connectivity index (χ2v) is 6.17. The maximum Gasteiger partial charge on any atom is 0.327 e. The first kappa shape index (κ1) is 12.7. The molecule has 1 aliphatic rings. The van der Waals surface area contributed by atoms with Gasteiger partial charge >= 0.3 is 5.69 Å². The van der Waals surface area contributed by atoms with E-state index in [1.165, 1.54) is 11.1 Å². The standard InChI is InChI=1S/C18H16N4O/c23-18-21-14-10-20-17-13(8-9-19-17)16(14)22(18)15-7-3-5-11-4-1-2-6-12(11)15/h1-2,4,6,8-10,15H,3,5,7H2,(H,19,20)(H,21,23)/t15-/m1/s1. The van der Waals surface area contributed by atoms with Crippen LogP contribution in [-0.2, 0) is 6.42 Å². The summed E-state index contributed by atoms with van der Waals surface area (Å²) in [5, 5.41) is 0.990. The first-order chi connectivity index (χ1) is 11.3. The number of nitrogens with zero attached hydrogens (tertiary/aromatic N) is 2. The van der Waals surface area contributed by atoms with E-state index in [0.717, 1.165) is 41.3 Å². The SMILES string of the molecule is O=c1[nH]c2cnc3[nH]ccc3c2n1[C@@H]1CCCc2ccccc21. The topological polar surface area (TPSA) is 66.5 Å². The van der Waals surface area contributed by atoms with Crippen LogP contribution >= 0.6 is 0 Å². The highest BCUT2D eigenvalue weighted by molar-refractivity contribution is 6.01. The third-order valence-electron chi connectivity index (χ3n) is 4.91. The van der Waals surface area contributed by atoms with Gasteiger partial charge < -0.3 is 9.97 Å². The Kier molecular flexibility index (Phi) is 2.53. The minimum absolute atomic E-state index is 0.0581. The predicted molar refractivity (Wildman–Crippen MR) is 89.7 cm³/mol. The van der Waals surface area contributed by atoms with Gasteiger partial charge in [-0.25, -0.2) is 9.78 Å². The number of fused-ring (bicyclic) bond motifs is 4. The molecule has 0 bridgehead atoms. The Morgan fingerprint density at radius 2 is 2.13 bits per heavy atom. The van der Waals surface area contributed by atoms with Gasteiger partial charge in [-0.15, -0.1) is 0 Å². The molecule has 0 unspecified atom stereocenters. The molecular formula is C18H16N4O. The number of imidazole rings is 1. The van der Waals surface area contributed by atoms with Gasteiger partial charge in [0, 0.05) is 11.6 Å². The molecule has 1 aromatic carbocycles. The molecule has 3 aromatic heterocycles. The molecule has 114 valence electrons. The number of H-pyrrole nitrogens is 2. The molecule has 0 saturated carbocycles. The van der Waals surface area contributed by atoms with Crippen molar-refractivity contribution in [1.82, 2.24) is 19.5 Å². The molecule has 5 nitrogen and oxygen atoms in total. The van der Waals surface area contributed by atoms with Crippen molar-refractivity contribution in [3.05, 3.63) is 64.3 Å². The molecule has 2 N–H and O–H groups in total. The van der Waals surface area contributed by atoms with Crippen LogP contribution in [0.4, 0.5) is 0 Å². The third-order valence-corrected chi connectivity index (χ3v) is 4.91. The summed E-state index contributed by atoms with van der Waals surface area (Å²) in [6.07, 6.45) is 6.78. The largest absolute Gasteiger partial charge is 0.346 e. The minimum atomic E-state index is -0.0581. The van der Waals surface area contributed by atoms with Crippen molar-refractivity contribution in [2.45, 2.75) is 25.3 Å². The molecular weight excluding hydrogens is 288 g/mol. The van der Waals surface area contributed by atoms with Crippen LogP contribution in [0.15, 0.2) is 47.5 Å². The maximum absolute atomic E-state index is 12.7. The average Bonchev–Trinajstić information content (AvgIpc) is 3.17. The van der Waals surface area contributed by atoms with Crippen LogP contribution in [0.5, 0.6) is 0 Å². The Morgan fingerprint density at radius 3 is 3.09 bits per heavy atom. The molecule has 0 spiro atoms. The number of aryl methyl sites for hydroxylation is 1. The first-order valence-electron chi connectivity index (χ1n) is 7.97. The molecule has 0 fully saturated rings. The first-order valence-corrected chi connectivity index (χ1v) is 7.97. The summed E-state index contributed by atoms with van der Waals surface area (Å²) in [4.78, 5) is 23.2. The number of pyridine rings is 1. The number of nitrogens with one attached hydrogen (secondary N) is 2. The van der Waals surface area contributed by atoms with Crippen LogP contribution < -0.4 is 5.69 Å². The maximum atomic E-state index is 12.7. The minimum Gasteiger partial charge on any atom is -0.346 e. The fourth-order valence-electron chi connectivity index (χ4n) is 3.92. The normalized spacial score (nSPS) is 17.7. The highest BCUT2D eigenvalue weighted by atomic mass is 16.1. The predicted octanol–water partition coefficient (Wildman–Crippen LogP) is 3.13. The number of rotatable bonds is 1. The van der Waals surface area contributed by atoms with Crippen molar-refractivity contribution in [2.24, 2.45) is 0 Å². The molecule has 23 heavy (non-hydrogen) atoms. The van der Waals surface area contributed by atoms with Gasteiger partial charge in [-0.2, -0.15) is 0 Å². The van der Waals surface area contributed by atoms with Gasteiger partial charge in [0.15, 0.2) is 0 Å². The van der Waals surface area contributed by atoms with Crippen molar-refractivity contribution < 1.29 is 0 Å². The van der Waals surface area contributed by atoms with E-state index < -0.39 is 0 Å². The van der Waals surface area contributed by atoms with Crippen LogP contribution in [0.25, 0.3) is 22.1 Å². The molecule has 0 saturated heterocycles. The Bertz CT molecular complexity index is 1090. The van der Waals surface area contributed by atoms with Crippen molar-refractivity contribution in [3.8, 4) is 0 Å². The number of benzene rings is 1. The van der Waals surface area contributed by atoms with Gasteiger partial charge in [-0.05, 0) is 36.5 Å². The summed E-state index contributed by atoms with van der Waals surface area (Å²) in [6.45, 7) is 0. The fourth-order valence-corrected chi connectivity index (χ4v) is 3.92. The number of aromatic nitrogens is 4. The summed E-state index contributed by atoms with van der Waals surface area (Å²) < 4.78 is 1.92. The Labute approximate surface area is 132 Å². The van der Waals surface area contributed by atoms with Gasteiger partial charge in [0.1, 0.15) is 5.65 Å². The average molecular weight is 304 g/mol. The highest BCUT2D eigenvalue weighted by Crippen LogP contribution is 2.34. The lowest BCUT2D eigenvalue weighted by Gasteiger charge is -2.26. The second-order valence-electron chi connectivity index (χ2n) is 6.17. The van der Waals surface area contributed by atoms with Gasteiger partial charge in [-0.3, -0.25) is 4.57 Å². The fraction of sp³-hybridized carbons (Fsp3) is 0.222. The molecule has 0 radical (unpaired) electrons. The van der Waals surface area contributed by atoms with Crippen molar-refractivity contribution in [2.75, 3.05) is 0 Å². The highest BCUT2D eigenvalue weighted by Gasteiger charge is 2.25. The van der Waals surface area contributed by atoms with Gasteiger partial charge in [0.05, 0.1) is 23.3 Å². The molecule has 5 heteroatoms. The second kappa shape index (κ2) is 4.59. The van der Waals surface area contributed by atoms with E-state index >= 15 is 0 Å². The van der Waals surface area contributed by atoms with E-state index in [-0.39, 0.29) is 11.7 Å². The Morgan fingerprint density at radius 1 is 1.22 bits per heavy atom. The van der Waals surface area contributed by atoms with E-state index in [1.807, 2.05) is 16.8 Å². The van der Waals surface area contributed by atoms with E-state index in [4.69, 9.17) is 0 Å². The molecule has 3 heterocycles. The molecule has 4 aromatic rings. The lowest BCUT2D eigenvalue weighted by atomic mass is 9.87. The van der Waals surface area contributed by atoms with E-state index in [1.54, 1.807) is 6.20 Å². The zero-order chi connectivity index (χ0) is 15.4. The molecule has 5 rings (SSSR count). The number of hydrogen-bond acceptors (Lipinski definition) is 2. The van der Waals surface area contributed by atoms with Gasteiger partial charge in [-0.1, -0.05) is 24.3 Å². The third kappa shape index (κ3) is 1.73. The van der Waals surface area contributed by atoms with Gasteiger partial charge in [0.2, 0.25) is 0 Å². The quantitative estimate of drug-likeness (QED) is 0.567. The monoisotopic (exact) mass is 304 g/mol. The molecule has 1 aliphatic carbocycles. The lowest BCUT2D eigenvalue weighted by molar-refractivity contribution is 0.490. The summed E-state index contributed by atoms with van der Waals surface area (Å²) in [5.41, 5.74) is 5.12. The summed E-state index contributed by atoms with van der Waals surface area (Å²) in [6, 6.07) is 10.5. The number of hydrogen-bond donors (Lipinski definition) is 2. The summed E-state index contributed by atoms with van der Waals surface area (Å²) in [5.74, 6) is 0. The van der Waals surface area contributed by atoms with Crippen molar-refractivity contribution in [3.63, 3.8) is 0 Å². The van der Waals surface area contributed by atoms with E-state index in [0.29, 0.717) is 0 Å². The molecule has 0 amide bonds. The Balaban J connectivity index is 1.86. The van der Waals surface area contributed by atoms with Crippen molar-refractivity contribution in [1.29, 1.82) is 0 Å². The zero-order valence-electron chi connectivity index (χ0n) is 12.5. The van der Waals surface area contributed by atoms with Crippen LogP contribution in [0.2, 0.25) is 0 Å². The van der Waals surface area contributed by atoms with Crippen LogP contribution in [0.1, 0.15) is 30.0 Å². The smallest absolute Gasteiger partial charge is 0.327 e. The zero-order valence-corrected chi connectivity index (χ0v) is 12.5. The van der Waals surface area contributed by atoms with Crippen molar-refractivity contribution >= 4 is 22.1 Å². The Hall–Kier alpha value is -2.82. The summed E-state index contributed by atoms with van der Waals surface area (Å²) >= 11 is 0. The van der Waals surface area contributed by atoms with Crippen LogP contribution in [0.3, 0.4) is 0 Å². The lowest BCUT2D eigenvalue weighted by Crippen LogP contribution is -2.26. The van der Waals surface area contributed by atoms with Gasteiger partial charge in [0.25, 0.3) is 0 Å². The molecule has 0 aliphatic heterocycles. The van der Waals surface area contributed by atoms with Crippen LogP contribution in [-0.4, -0.2) is 19.5 Å². The molecule has 1 atom stereocenters. The summed E-state index contributed by atoms with van der Waals surface area (Å²) in [7, 11) is 0.